The normalized spacial score (nSPS) is 15.8. The van der Waals surface area contributed by atoms with E-state index < -0.39 is 0 Å². The van der Waals surface area contributed by atoms with Gasteiger partial charge in [-0.1, -0.05) is 37.5 Å². The number of rotatable bonds is 3. The molecular formula is C17H19N5O. The van der Waals surface area contributed by atoms with Crippen molar-refractivity contribution in [2.24, 2.45) is 0 Å². The molecule has 0 radical (unpaired) electrons. The van der Waals surface area contributed by atoms with Crippen molar-refractivity contribution in [3.05, 3.63) is 41.7 Å². The number of H-pyrrole nitrogens is 2. The second-order valence-electron chi connectivity index (χ2n) is 6.12. The molecule has 1 saturated carbocycles. The molecule has 118 valence electrons. The Morgan fingerprint density at radius 2 is 1.91 bits per heavy atom. The lowest BCUT2D eigenvalue weighted by atomic mass is 9.87. The summed E-state index contributed by atoms with van der Waals surface area (Å²) < 4.78 is 0. The third kappa shape index (κ3) is 2.72. The van der Waals surface area contributed by atoms with Crippen molar-refractivity contribution in [1.29, 1.82) is 0 Å². The minimum Gasteiger partial charge on any atom is -0.304 e. The number of benzene rings is 1. The number of nitrogens with one attached hydrogen (secondary N) is 3. The van der Waals surface area contributed by atoms with E-state index in [1.807, 2.05) is 30.3 Å². The van der Waals surface area contributed by atoms with Crippen LogP contribution in [0, 0.1) is 0 Å². The number of nitrogens with zero attached hydrogens (tertiary/aromatic N) is 2. The maximum Gasteiger partial charge on any atom is 0.278 e. The van der Waals surface area contributed by atoms with Gasteiger partial charge in [-0.2, -0.15) is 10.2 Å². The minimum atomic E-state index is -0.246. The highest BCUT2D eigenvalue weighted by Gasteiger charge is 2.19. The first-order chi connectivity index (χ1) is 11.3. The maximum atomic E-state index is 12.4. The fourth-order valence-corrected chi connectivity index (χ4v) is 3.34. The molecule has 4 rings (SSSR count). The third-order valence-electron chi connectivity index (χ3n) is 4.57. The van der Waals surface area contributed by atoms with E-state index >= 15 is 0 Å². The zero-order valence-electron chi connectivity index (χ0n) is 12.8. The third-order valence-corrected chi connectivity index (χ3v) is 4.57. The Morgan fingerprint density at radius 1 is 1.09 bits per heavy atom. The number of amides is 1. The number of hydrogen-bond acceptors (Lipinski definition) is 3. The van der Waals surface area contributed by atoms with E-state index in [2.05, 4.69) is 25.7 Å². The Hall–Kier alpha value is -2.63. The van der Waals surface area contributed by atoms with Gasteiger partial charge in [0.05, 0.1) is 5.52 Å². The molecule has 23 heavy (non-hydrogen) atoms. The van der Waals surface area contributed by atoms with Crippen LogP contribution in [0.2, 0.25) is 0 Å². The number of aromatic amines is 2. The number of para-hydroxylation sites is 1. The van der Waals surface area contributed by atoms with Crippen molar-refractivity contribution in [2.75, 3.05) is 5.32 Å². The van der Waals surface area contributed by atoms with Crippen LogP contribution in [0.15, 0.2) is 30.3 Å². The Kier molecular flexibility index (Phi) is 3.57. The number of hydrogen-bond donors (Lipinski definition) is 3. The van der Waals surface area contributed by atoms with E-state index in [9.17, 15) is 4.79 Å². The van der Waals surface area contributed by atoms with Gasteiger partial charge in [-0.3, -0.25) is 15.0 Å². The van der Waals surface area contributed by atoms with Crippen LogP contribution >= 0.6 is 0 Å². The summed E-state index contributed by atoms with van der Waals surface area (Å²) in [4.78, 5) is 12.4. The van der Waals surface area contributed by atoms with Crippen molar-refractivity contribution < 1.29 is 4.79 Å². The van der Waals surface area contributed by atoms with E-state index in [1.54, 1.807) is 0 Å². The Bertz CT molecular complexity index is 828. The van der Waals surface area contributed by atoms with Crippen molar-refractivity contribution in [3.63, 3.8) is 0 Å². The van der Waals surface area contributed by atoms with Crippen molar-refractivity contribution in [1.82, 2.24) is 20.4 Å². The van der Waals surface area contributed by atoms with E-state index in [4.69, 9.17) is 0 Å². The topological polar surface area (TPSA) is 86.5 Å². The van der Waals surface area contributed by atoms with Crippen LogP contribution in [0.25, 0.3) is 10.9 Å². The van der Waals surface area contributed by atoms with Crippen molar-refractivity contribution >= 4 is 22.6 Å². The smallest absolute Gasteiger partial charge is 0.278 e. The molecule has 2 heterocycles. The summed E-state index contributed by atoms with van der Waals surface area (Å²) in [5.74, 6) is 0.847. The van der Waals surface area contributed by atoms with Crippen LogP contribution in [0.4, 0.5) is 5.82 Å². The van der Waals surface area contributed by atoms with Gasteiger partial charge in [-0.25, -0.2) is 0 Å². The molecule has 0 saturated heterocycles. The number of carbonyl (C=O) groups excluding carboxylic acids is 1. The highest BCUT2D eigenvalue weighted by atomic mass is 16.2. The molecule has 0 bridgehead atoms. The predicted octanol–water partition coefficient (Wildman–Crippen LogP) is 3.59. The Morgan fingerprint density at radius 3 is 2.78 bits per heavy atom. The number of fused-ring (bicyclic) bond motifs is 1. The molecular weight excluding hydrogens is 290 g/mol. The second-order valence-corrected chi connectivity index (χ2v) is 6.12. The van der Waals surface area contributed by atoms with Crippen LogP contribution in [-0.4, -0.2) is 26.3 Å². The fraction of sp³-hybridized carbons (Fsp3) is 0.353. The van der Waals surface area contributed by atoms with Crippen LogP contribution in [-0.2, 0) is 0 Å². The van der Waals surface area contributed by atoms with Crippen molar-refractivity contribution in [3.8, 4) is 0 Å². The molecule has 6 heteroatoms. The second kappa shape index (κ2) is 5.87. The van der Waals surface area contributed by atoms with Gasteiger partial charge in [-0.05, 0) is 18.9 Å². The summed E-state index contributed by atoms with van der Waals surface area (Å²) in [6.45, 7) is 0. The average Bonchev–Trinajstić information content (AvgIpc) is 3.22. The molecule has 1 aliphatic carbocycles. The van der Waals surface area contributed by atoms with Gasteiger partial charge >= 0.3 is 0 Å². The van der Waals surface area contributed by atoms with Crippen molar-refractivity contribution in [2.45, 2.75) is 38.0 Å². The summed E-state index contributed by atoms with van der Waals surface area (Å²) in [5, 5.41) is 17.9. The molecule has 3 N–H and O–H groups in total. The first kappa shape index (κ1) is 14.0. The van der Waals surface area contributed by atoms with E-state index in [0.29, 0.717) is 17.4 Å². The number of carbonyl (C=O) groups is 1. The van der Waals surface area contributed by atoms with E-state index in [0.717, 1.165) is 16.6 Å². The van der Waals surface area contributed by atoms with Gasteiger partial charge in [0.25, 0.3) is 5.91 Å². The van der Waals surface area contributed by atoms with Gasteiger partial charge < -0.3 is 5.32 Å². The molecule has 1 aliphatic rings. The van der Waals surface area contributed by atoms with Crippen LogP contribution < -0.4 is 5.32 Å². The van der Waals surface area contributed by atoms with Gasteiger partial charge in [0.1, 0.15) is 0 Å². The molecule has 0 atom stereocenters. The van der Waals surface area contributed by atoms with Gasteiger partial charge in [0.15, 0.2) is 11.5 Å². The Balaban J connectivity index is 1.51. The van der Waals surface area contributed by atoms with Gasteiger partial charge in [-0.15, -0.1) is 0 Å². The summed E-state index contributed by atoms with van der Waals surface area (Å²) >= 11 is 0. The number of aromatic nitrogens is 4. The summed E-state index contributed by atoms with van der Waals surface area (Å²) in [6, 6.07) is 9.53. The molecule has 1 fully saturated rings. The van der Waals surface area contributed by atoms with E-state index in [1.165, 1.54) is 32.1 Å². The quantitative estimate of drug-likeness (QED) is 0.691. The number of anilines is 1. The largest absolute Gasteiger partial charge is 0.304 e. The standard InChI is InChI=1S/C17H19N5O/c23-17(16-12-8-4-5-9-13(12)19-22-16)18-15-10-14(20-21-15)11-6-2-1-3-7-11/h4-5,8-11H,1-3,6-7H2,(H,19,22)(H2,18,20,21,23). The van der Waals surface area contributed by atoms with E-state index in [-0.39, 0.29) is 5.91 Å². The molecule has 3 aromatic rings. The van der Waals surface area contributed by atoms with Gasteiger partial charge in [0.2, 0.25) is 0 Å². The molecule has 1 aromatic carbocycles. The summed E-state index contributed by atoms with van der Waals surface area (Å²) in [6.07, 6.45) is 6.24. The van der Waals surface area contributed by atoms with Gasteiger partial charge in [0, 0.05) is 23.1 Å². The lowest BCUT2D eigenvalue weighted by molar-refractivity contribution is 0.102. The highest BCUT2D eigenvalue weighted by Crippen LogP contribution is 2.32. The highest BCUT2D eigenvalue weighted by molar-refractivity contribution is 6.10. The maximum absolute atomic E-state index is 12.4. The monoisotopic (exact) mass is 309 g/mol. The summed E-state index contributed by atoms with van der Waals surface area (Å²) in [7, 11) is 0. The molecule has 0 aliphatic heterocycles. The SMILES string of the molecule is O=C(Nc1cc(C2CCCCC2)[nH]n1)c1n[nH]c2ccccc12. The summed E-state index contributed by atoms with van der Waals surface area (Å²) in [5.41, 5.74) is 2.36. The lowest BCUT2D eigenvalue weighted by Crippen LogP contribution is -2.13. The lowest BCUT2D eigenvalue weighted by Gasteiger charge is -2.19. The molecule has 0 unspecified atom stereocenters. The van der Waals surface area contributed by atoms with Crippen LogP contribution in [0.1, 0.15) is 54.2 Å². The molecule has 0 spiro atoms. The minimum absolute atomic E-state index is 0.246. The average molecular weight is 309 g/mol. The zero-order valence-corrected chi connectivity index (χ0v) is 12.8. The van der Waals surface area contributed by atoms with Crippen LogP contribution in [0.3, 0.4) is 0 Å². The zero-order chi connectivity index (χ0) is 15.6. The molecule has 2 aromatic heterocycles. The molecule has 1 amide bonds. The first-order valence-corrected chi connectivity index (χ1v) is 8.11. The first-order valence-electron chi connectivity index (χ1n) is 8.11. The predicted molar refractivity (Wildman–Crippen MR) is 88.5 cm³/mol. The fourth-order valence-electron chi connectivity index (χ4n) is 3.34. The Labute approximate surface area is 133 Å². The van der Waals surface area contributed by atoms with Crippen LogP contribution in [0.5, 0.6) is 0 Å². The molecule has 6 nitrogen and oxygen atoms in total.